The van der Waals surface area contributed by atoms with Crippen LogP contribution >= 0.6 is 15.9 Å². The van der Waals surface area contributed by atoms with Crippen molar-refractivity contribution in [2.24, 2.45) is 0 Å². The Balaban J connectivity index is 2.21. The molecule has 0 saturated heterocycles. The van der Waals surface area contributed by atoms with Crippen LogP contribution in [0.3, 0.4) is 0 Å². The van der Waals surface area contributed by atoms with Crippen LogP contribution in [0.15, 0.2) is 48.8 Å². The first-order chi connectivity index (χ1) is 8.47. The lowest BCUT2D eigenvalue weighted by molar-refractivity contribution is -0.117. The summed E-state index contributed by atoms with van der Waals surface area (Å²) in [6.45, 7) is 3.64. The highest BCUT2D eigenvalue weighted by Crippen LogP contribution is 2.20. The average Bonchev–Trinajstić information content (AvgIpc) is 2.81. The monoisotopic (exact) mass is 306 g/mol. The van der Waals surface area contributed by atoms with Crippen molar-refractivity contribution >= 4 is 27.5 Å². The van der Waals surface area contributed by atoms with Gasteiger partial charge in [-0.1, -0.05) is 22.0 Å². The van der Waals surface area contributed by atoms with Gasteiger partial charge in [0, 0.05) is 23.8 Å². The Morgan fingerprint density at radius 1 is 1.22 bits per heavy atom. The molecule has 0 aliphatic rings. The molecule has 0 spiro atoms. The van der Waals surface area contributed by atoms with Crippen molar-refractivity contribution in [3.63, 3.8) is 0 Å². The van der Waals surface area contributed by atoms with Gasteiger partial charge in [0.15, 0.2) is 0 Å². The number of carbonyl (C=O) groups excluding carboxylic acids is 1. The molecule has 1 aromatic heterocycles. The van der Waals surface area contributed by atoms with E-state index in [4.69, 9.17) is 0 Å². The van der Waals surface area contributed by atoms with Crippen LogP contribution in [0.5, 0.6) is 0 Å². The molecule has 4 heteroatoms. The fraction of sp³-hybridized carbons (Fsp3) is 0.214. The standard InChI is InChI=1S/C14H15BrN2O/c1-14(2,15)13(18)16-11-6-5-7-12(10-11)17-8-3-4-9-17/h3-10H,1-2H3,(H,16,18). The number of rotatable bonds is 3. The molecular formula is C14H15BrN2O. The van der Waals surface area contributed by atoms with E-state index in [1.54, 1.807) is 0 Å². The van der Waals surface area contributed by atoms with Crippen molar-refractivity contribution in [3.05, 3.63) is 48.8 Å². The SMILES string of the molecule is CC(C)(Br)C(=O)Nc1cccc(-n2cccc2)c1. The van der Waals surface area contributed by atoms with Gasteiger partial charge in [-0.05, 0) is 44.2 Å². The van der Waals surface area contributed by atoms with E-state index in [0.29, 0.717) is 0 Å². The second kappa shape index (κ2) is 4.98. The predicted octanol–water partition coefficient (Wildman–Crippen LogP) is 3.59. The average molecular weight is 307 g/mol. The molecule has 1 aromatic carbocycles. The van der Waals surface area contributed by atoms with Gasteiger partial charge in [0.1, 0.15) is 0 Å². The Labute approximate surface area is 115 Å². The molecule has 0 aliphatic heterocycles. The maximum Gasteiger partial charge on any atom is 0.240 e. The number of hydrogen-bond acceptors (Lipinski definition) is 1. The molecule has 1 amide bonds. The number of halogens is 1. The minimum atomic E-state index is -0.573. The zero-order valence-corrected chi connectivity index (χ0v) is 11.9. The molecule has 0 aliphatic carbocycles. The first-order valence-corrected chi connectivity index (χ1v) is 6.50. The predicted molar refractivity (Wildman–Crippen MR) is 77.4 cm³/mol. The number of aromatic nitrogens is 1. The first kappa shape index (κ1) is 12.9. The summed E-state index contributed by atoms with van der Waals surface area (Å²) in [5, 5.41) is 2.89. The van der Waals surface area contributed by atoms with Crippen molar-refractivity contribution in [1.82, 2.24) is 4.57 Å². The number of hydrogen-bond donors (Lipinski definition) is 1. The topological polar surface area (TPSA) is 34.0 Å². The highest BCUT2D eigenvalue weighted by atomic mass is 79.9. The largest absolute Gasteiger partial charge is 0.325 e. The maximum absolute atomic E-state index is 11.9. The van der Waals surface area contributed by atoms with Crippen molar-refractivity contribution in [2.45, 2.75) is 18.2 Å². The lowest BCUT2D eigenvalue weighted by atomic mass is 10.2. The Hall–Kier alpha value is -1.55. The Kier molecular flexibility index (Phi) is 3.57. The first-order valence-electron chi connectivity index (χ1n) is 5.70. The molecule has 18 heavy (non-hydrogen) atoms. The summed E-state index contributed by atoms with van der Waals surface area (Å²) in [6, 6.07) is 11.7. The number of carbonyl (C=O) groups is 1. The summed E-state index contributed by atoms with van der Waals surface area (Å²) in [5.41, 5.74) is 1.81. The minimum Gasteiger partial charge on any atom is -0.325 e. The molecule has 0 unspecified atom stereocenters. The molecule has 94 valence electrons. The third-order valence-electron chi connectivity index (χ3n) is 2.55. The number of nitrogens with zero attached hydrogens (tertiary/aromatic N) is 1. The van der Waals surface area contributed by atoms with E-state index in [0.717, 1.165) is 11.4 Å². The van der Waals surface area contributed by atoms with Crippen LogP contribution in [-0.4, -0.2) is 14.8 Å². The van der Waals surface area contributed by atoms with E-state index in [1.165, 1.54) is 0 Å². The summed E-state index contributed by atoms with van der Waals surface area (Å²) < 4.78 is 1.42. The third-order valence-corrected chi connectivity index (χ3v) is 2.91. The van der Waals surface area contributed by atoms with Gasteiger partial charge in [0.2, 0.25) is 5.91 Å². The van der Waals surface area contributed by atoms with Crippen LogP contribution < -0.4 is 5.32 Å². The molecule has 3 nitrogen and oxygen atoms in total. The molecule has 1 N–H and O–H groups in total. The molecule has 1 heterocycles. The van der Waals surface area contributed by atoms with E-state index in [1.807, 2.05) is 67.2 Å². The number of amides is 1. The zero-order valence-electron chi connectivity index (χ0n) is 10.4. The van der Waals surface area contributed by atoms with E-state index < -0.39 is 4.32 Å². The Morgan fingerprint density at radius 3 is 2.50 bits per heavy atom. The highest BCUT2D eigenvalue weighted by molar-refractivity contribution is 9.10. The molecular weight excluding hydrogens is 292 g/mol. The fourth-order valence-electron chi connectivity index (χ4n) is 1.53. The molecule has 0 fully saturated rings. The van der Waals surface area contributed by atoms with Crippen molar-refractivity contribution in [3.8, 4) is 5.69 Å². The van der Waals surface area contributed by atoms with E-state index in [9.17, 15) is 4.79 Å². The van der Waals surface area contributed by atoms with Gasteiger partial charge < -0.3 is 9.88 Å². The Bertz CT molecular complexity index is 541. The van der Waals surface area contributed by atoms with Crippen LogP contribution in [0, 0.1) is 0 Å². The highest BCUT2D eigenvalue weighted by Gasteiger charge is 2.23. The summed E-state index contributed by atoms with van der Waals surface area (Å²) in [4.78, 5) is 11.9. The molecule has 0 bridgehead atoms. The summed E-state index contributed by atoms with van der Waals surface area (Å²) in [6.07, 6.45) is 3.94. The van der Waals surface area contributed by atoms with Crippen LogP contribution in [0.4, 0.5) is 5.69 Å². The minimum absolute atomic E-state index is 0.0628. The normalized spacial score (nSPS) is 11.3. The fourth-order valence-corrected chi connectivity index (χ4v) is 1.63. The molecule has 2 rings (SSSR count). The van der Waals surface area contributed by atoms with E-state index >= 15 is 0 Å². The lowest BCUT2D eigenvalue weighted by Gasteiger charge is -2.16. The van der Waals surface area contributed by atoms with Gasteiger partial charge in [0.05, 0.1) is 4.32 Å². The van der Waals surface area contributed by atoms with Gasteiger partial charge in [-0.15, -0.1) is 0 Å². The smallest absolute Gasteiger partial charge is 0.240 e. The number of benzene rings is 1. The summed E-state index contributed by atoms with van der Waals surface area (Å²) >= 11 is 3.34. The van der Waals surface area contributed by atoms with Gasteiger partial charge >= 0.3 is 0 Å². The number of nitrogens with one attached hydrogen (secondary N) is 1. The second-order valence-corrected chi connectivity index (χ2v) is 6.55. The zero-order chi connectivity index (χ0) is 13.2. The van der Waals surface area contributed by atoms with Crippen LogP contribution in [0.2, 0.25) is 0 Å². The van der Waals surface area contributed by atoms with Gasteiger partial charge in [0.25, 0.3) is 0 Å². The summed E-state index contributed by atoms with van der Waals surface area (Å²) in [5.74, 6) is -0.0628. The van der Waals surface area contributed by atoms with Crippen LogP contribution in [0.1, 0.15) is 13.8 Å². The van der Waals surface area contributed by atoms with Gasteiger partial charge in [-0.3, -0.25) is 4.79 Å². The van der Waals surface area contributed by atoms with E-state index in [2.05, 4.69) is 21.2 Å². The van der Waals surface area contributed by atoms with E-state index in [-0.39, 0.29) is 5.91 Å². The molecule has 2 aromatic rings. The van der Waals surface area contributed by atoms with Crippen molar-refractivity contribution in [1.29, 1.82) is 0 Å². The van der Waals surface area contributed by atoms with Crippen LogP contribution in [-0.2, 0) is 4.79 Å². The van der Waals surface area contributed by atoms with Gasteiger partial charge in [-0.25, -0.2) is 0 Å². The quantitative estimate of drug-likeness (QED) is 0.864. The lowest BCUT2D eigenvalue weighted by Crippen LogP contribution is -2.30. The van der Waals surface area contributed by atoms with Crippen molar-refractivity contribution < 1.29 is 4.79 Å². The van der Waals surface area contributed by atoms with Crippen LogP contribution in [0.25, 0.3) is 5.69 Å². The number of anilines is 1. The number of alkyl halides is 1. The Morgan fingerprint density at radius 2 is 1.89 bits per heavy atom. The molecule has 0 atom stereocenters. The molecule has 0 saturated carbocycles. The van der Waals surface area contributed by atoms with Gasteiger partial charge in [-0.2, -0.15) is 0 Å². The molecule has 0 radical (unpaired) electrons. The van der Waals surface area contributed by atoms with Crippen molar-refractivity contribution in [2.75, 3.05) is 5.32 Å². The second-order valence-electron chi connectivity index (χ2n) is 4.57. The third kappa shape index (κ3) is 3.01. The maximum atomic E-state index is 11.9. The summed E-state index contributed by atoms with van der Waals surface area (Å²) in [7, 11) is 0.